The van der Waals surface area contributed by atoms with Crippen molar-refractivity contribution in [1.29, 1.82) is 5.41 Å². The van der Waals surface area contributed by atoms with Crippen LogP contribution in [0.4, 0.5) is 0 Å². The lowest BCUT2D eigenvalue weighted by Crippen LogP contribution is -2.53. The summed E-state index contributed by atoms with van der Waals surface area (Å²) in [5.41, 5.74) is 6.03. The van der Waals surface area contributed by atoms with Crippen LogP contribution in [-0.2, 0) is 16.0 Å². The Bertz CT molecular complexity index is 681. The van der Waals surface area contributed by atoms with Crippen molar-refractivity contribution in [2.75, 3.05) is 26.2 Å². The maximum atomic E-state index is 12.5. The molecule has 2 amide bonds. The molecule has 2 aliphatic rings. The third kappa shape index (κ3) is 4.44. The number of hydrogen-bond acceptors (Lipinski definition) is 4. The molecule has 0 bridgehead atoms. The number of amides is 2. The molecule has 0 atom stereocenters. The van der Waals surface area contributed by atoms with E-state index in [1.807, 2.05) is 17.0 Å². The summed E-state index contributed by atoms with van der Waals surface area (Å²) in [5, 5.41) is 13.9. The van der Waals surface area contributed by atoms with E-state index in [4.69, 9.17) is 15.9 Å². The van der Waals surface area contributed by atoms with Crippen LogP contribution >= 0.6 is 0 Å². The normalized spacial score (nSPS) is 18.3. The van der Waals surface area contributed by atoms with Gasteiger partial charge in [-0.05, 0) is 37.0 Å². The van der Waals surface area contributed by atoms with Crippen LogP contribution < -0.4 is 21.1 Å². The van der Waals surface area contributed by atoms with Gasteiger partial charge in [-0.2, -0.15) is 0 Å². The van der Waals surface area contributed by atoms with Gasteiger partial charge in [0.15, 0.2) is 12.6 Å². The molecule has 2 aliphatic heterocycles. The molecule has 0 aromatic heterocycles. The van der Waals surface area contributed by atoms with E-state index < -0.39 is 5.91 Å². The highest BCUT2D eigenvalue weighted by Crippen LogP contribution is 2.24. The van der Waals surface area contributed by atoms with Gasteiger partial charge < -0.3 is 26.0 Å². The molecule has 8 heteroatoms. The summed E-state index contributed by atoms with van der Waals surface area (Å²) < 4.78 is 5.22. The first-order valence-corrected chi connectivity index (χ1v) is 8.84. The number of carbonyl (C=O) groups is 2. The third-order valence-electron chi connectivity index (χ3n) is 5.00. The number of carbonyl (C=O) groups excluding carboxylic acids is 2. The highest BCUT2D eigenvalue weighted by atomic mass is 16.5. The number of primary amides is 1. The second-order valence-electron chi connectivity index (χ2n) is 6.91. The van der Waals surface area contributed by atoms with Gasteiger partial charge in [0, 0.05) is 26.1 Å². The lowest BCUT2D eigenvalue weighted by Gasteiger charge is -2.38. The molecule has 26 heavy (non-hydrogen) atoms. The van der Waals surface area contributed by atoms with Crippen molar-refractivity contribution >= 4 is 17.8 Å². The van der Waals surface area contributed by atoms with Crippen LogP contribution in [0.3, 0.4) is 0 Å². The van der Waals surface area contributed by atoms with E-state index in [1.54, 1.807) is 12.1 Å². The SMILES string of the molecule is N=C1NCC2(CCN(C(=O)CCc3ccc(OCC(N)=O)cc3)CC2)N1. The Hall–Kier alpha value is -2.77. The first kappa shape index (κ1) is 18.0. The van der Waals surface area contributed by atoms with Crippen molar-refractivity contribution < 1.29 is 14.3 Å². The van der Waals surface area contributed by atoms with Crippen LogP contribution in [0.15, 0.2) is 24.3 Å². The van der Waals surface area contributed by atoms with E-state index >= 15 is 0 Å². The van der Waals surface area contributed by atoms with E-state index in [2.05, 4.69) is 10.6 Å². The average Bonchev–Trinajstić information content (AvgIpc) is 2.99. The number of nitrogens with zero attached hydrogens (tertiary/aromatic N) is 1. The Morgan fingerprint density at radius 3 is 2.50 bits per heavy atom. The topological polar surface area (TPSA) is 121 Å². The minimum absolute atomic E-state index is 0.0609. The Morgan fingerprint density at radius 2 is 1.92 bits per heavy atom. The zero-order valence-corrected chi connectivity index (χ0v) is 14.7. The van der Waals surface area contributed by atoms with Crippen molar-refractivity contribution in [1.82, 2.24) is 15.5 Å². The molecule has 2 fully saturated rings. The van der Waals surface area contributed by atoms with Crippen molar-refractivity contribution in [2.24, 2.45) is 5.73 Å². The smallest absolute Gasteiger partial charge is 0.255 e. The van der Waals surface area contributed by atoms with Crippen LogP contribution in [0.2, 0.25) is 0 Å². The molecule has 1 aromatic rings. The largest absolute Gasteiger partial charge is 0.484 e. The van der Waals surface area contributed by atoms with Crippen LogP contribution in [0.25, 0.3) is 0 Å². The number of ether oxygens (including phenoxy) is 1. The Morgan fingerprint density at radius 1 is 1.23 bits per heavy atom. The number of benzene rings is 1. The third-order valence-corrected chi connectivity index (χ3v) is 5.00. The van der Waals surface area contributed by atoms with Crippen molar-refractivity contribution in [3.63, 3.8) is 0 Å². The summed E-state index contributed by atoms with van der Waals surface area (Å²) in [6.45, 7) is 2.07. The second kappa shape index (κ2) is 7.63. The zero-order chi connectivity index (χ0) is 18.6. The number of rotatable bonds is 6. The van der Waals surface area contributed by atoms with Crippen LogP contribution in [0.1, 0.15) is 24.8 Å². The van der Waals surface area contributed by atoms with Gasteiger partial charge in [-0.3, -0.25) is 15.0 Å². The Labute approximate surface area is 152 Å². The highest BCUT2D eigenvalue weighted by molar-refractivity contribution is 5.80. The van der Waals surface area contributed by atoms with Crippen LogP contribution in [-0.4, -0.2) is 54.5 Å². The monoisotopic (exact) mass is 359 g/mol. The van der Waals surface area contributed by atoms with E-state index in [1.165, 1.54) is 0 Å². The summed E-state index contributed by atoms with van der Waals surface area (Å²) in [4.78, 5) is 25.1. The minimum Gasteiger partial charge on any atom is -0.484 e. The number of hydrogen-bond donors (Lipinski definition) is 4. The van der Waals surface area contributed by atoms with E-state index in [-0.39, 0.29) is 18.1 Å². The fourth-order valence-electron chi connectivity index (χ4n) is 3.41. The van der Waals surface area contributed by atoms with Gasteiger partial charge in [0.05, 0.1) is 5.54 Å². The van der Waals surface area contributed by atoms with Crippen LogP contribution in [0.5, 0.6) is 5.75 Å². The van der Waals surface area contributed by atoms with Crippen molar-refractivity contribution in [3.8, 4) is 5.75 Å². The molecule has 3 rings (SSSR count). The van der Waals surface area contributed by atoms with Gasteiger partial charge in [-0.1, -0.05) is 12.1 Å². The van der Waals surface area contributed by atoms with Gasteiger partial charge in [0.25, 0.3) is 5.91 Å². The summed E-state index contributed by atoms with van der Waals surface area (Å²) in [6, 6.07) is 7.35. The number of nitrogens with one attached hydrogen (secondary N) is 3. The number of nitrogens with two attached hydrogens (primary N) is 1. The molecule has 2 saturated heterocycles. The Balaban J connectivity index is 1.43. The maximum Gasteiger partial charge on any atom is 0.255 e. The number of guanidine groups is 1. The summed E-state index contributed by atoms with van der Waals surface area (Å²) >= 11 is 0. The van der Waals surface area contributed by atoms with E-state index in [0.29, 0.717) is 24.6 Å². The molecule has 1 spiro atoms. The van der Waals surface area contributed by atoms with Gasteiger partial charge >= 0.3 is 0 Å². The molecule has 2 heterocycles. The van der Waals surface area contributed by atoms with Gasteiger partial charge in [-0.25, -0.2) is 0 Å². The molecule has 0 radical (unpaired) electrons. The average molecular weight is 359 g/mol. The lowest BCUT2D eigenvalue weighted by molar-refractivity contribution is -0.132. The molecule has 1 aromatic carbocycles. The molecule has 0 aliphatic carbocycles. The fraction of sp³-hybridized carbons (Fsp3) is 0.500. The predicted molar refractivity (Wildman–Crippen MR) is 96.9 cm³/mol. The summed E-state index contributed by atoms with van der Waals surface area (Å²) in [7, 11) is 0. The highest BCUT2D eigenvalue weighted by Gasteiger charge is 2.39. The molecule has 8 nitrogen and oxygen atoms in total. The lowest BCUT2D eigenvalue weighted by atomic mass is 9.88. The molecular weight excluding hydrogens is 334 g/mol. The molecule has 0 saturated carbocycles. The maximum absolute atomic E-state index is 12.5. The predicted octanol–water partition coefficient (Wildman–Crippen LogP) is -0.0279. The van der Waals surface area contributed by atoms with E-state index in [0.717, 1.165) is 38.0 Å². The van der Waals surface area contributed by atoms with Gasteiger partial charge in [0.1, 0.15) is 5.75 Å². The Kier molecular flexibility index (Phi) is 5.29. The molecular formula is C18H25N5O3. The number of piperidine rings is 1. The van der Waals surface area contributed by atoms with Gasteiger partial charge in [0.2, 0.25) is 5.91 Å². The van der Waals surface area contributed by atoms with Gasteiger partial charge in [-0.15, -0.1) is 0 Å². The van der Waals surface area contributed by atoms with Crippen LogP contribution in [0, 0.1) is 5.41 Å². The molecule has 5 N–H and O–H groups in total. The molecule has 0 unspecified atom stereocenters. The summed E-state index contributed by atoms with van der Waals surface area (Å²) in [5.74, 6) is 0.620. The van der Waals surface area contributed by atoms with E-state index in [9.17, 15) is 9.59 Å². The summed E-state index contributed by atoms with van der Waals surface area (Å²) in [6.07, 6.45) is 2.86. The minimum atomic E-state index is -0.511. The van der Waals surface area contributed by atoms with Crippen molar-refractivity contribution in [2.45, 2.75) is 31.2 Å². The fourth-order valence-corrected chi connectivity index (χ4v) is 3.41. The number of likely N-dealkylation sites (tertiary alicyclic amines) is 1. The van der Waals surface area contributed by atoms with Crippen molar-refractivity contribution in [3.05, 3.63) is 29.8 Å². The quantitative estimate of drug-likeness (QED) is 0.569. The first-order chi connectivity index (χ1) is 12.5. The first-order valence-electron chi connectivity index (χ1n) is 8.84. The standard InChI is InChI=1S/C18H25N5O3/c19-15(24)11-26-14-4-1-13(2-5-14)3-6-16(25)23-9-7-18(8-10-23)12-21-17(20)22-18/h1-2,4-5H,3,6-12H2,(H2,19,24)(H3,20,21,22). The molecule has 140 valence electrons. The number of aryl methyl sites for hydroxylation is 1. The second-order valence-corrected chi connectivity index (χ2v) is 6.91. The zero-order valence-electron chi connectivity index (χ0n) is 14.7.